The monoisotopic (exact) mass is 300 g/mol. The van der Waals surface area contributed by atoms with Gasteiger partial charge in [-0.2, -0.15) is 0 Å². The second kappa shape index (κ2) is 5.80. The van der Waals surface area contributed by atoms with E-state index < -0.39 is 5.82 Å². The number of fused-ring (bicyclic) bond motifs is 1. The van der Waals surface area contributed by atoms with Crippen molar-refractivity contribution in [3.63, 3.8) is 0 Å². The summed E-state index contributed by atoms with van der Waals surface area (Å²) in [6, 6.07) is 12.5. The predicted octanol–water partition coefficient (Wildman–Crippen LogP) is 4.27. The van der Waals surface area contributed by atoms with Crippen LogP contribution in [0.3, 0.4) is 0 Å². The van der Waals surface area contributed by atoms with Crippen molar-refractivity contribution in [2.75, 3.05) is 0 Å². The van der Waals surface area contributed by atoms with E-state index in [2.05, 4.69) is 4.98 Å². The molecule has 21 heavy (non-hydrogen) atoms. The van der Waals surface area contributed by atoms with Gasteiger partial charge < -0.3 is 5.73 Å². The van der Waals surface area contributed by atoms with E-state index in [1.54, 1.807) is 24.5 Å². The highest BCUT2D eigenvalue weighted by molar-refractivity contribution is 6.30. The lowest BCUT2D eigenvalue weighted by Crippen LogP contribution is -2.15. The number of pyridine rings is 1. The molecule has 2 nitrogen and oxygen atoms in total. The molecule has 3 aromatic rings. The molecule has 0 saturated carbocycles. The zero-order valence-electron chi connectivity index (χ0n) is 11.3. The summed E-state index contributed by atoms with van der Waals surface area (Å²) in [6.07, 6.45) is 3.92. The maximum atomic E-state index is 14.0. The van der Waals surface area contributed by atoms with E-state index in [0.29, 0.717) is 12.0 Å². The van der Waals surface area contributed by atoms with Gasteiger partial charge in [0.05, 0.1) is 5.02 Å². The zero-order chi connectivity index (χ0) is 14.8. The number of rotatable bonds is 3. The van der Waals surface area contributed by atoms with Gasteiger partial charge in [-0.3, -0.25) is 4.98 Å². The molecule has 0 radical (unpaired) electrons. The summed E-state index contributed by atoms with van der Waals surface area (Å²) in [7, 11) is 0. The fraction of sp³-hybridized carbons (Fsp3) is 0.118. The molecule has 0 aliphatic carbocycles. The maximum Gasteiger partial charge on any atom is 0.145 e. The van der Waals surface area contributed by atoms with Gasteiger partial charge in [0.15, 0.2) is 0 Å². The van der Waals surface area contributed by atoms with Crippen molar-refractivity contribution in [3.8, 4) is 0 Å². The summed E-state index contributed by atoms with van der Waals surface area (Å²) in [6.45, 7) is 0. The first kappa shape index (κ1) is 14.0. The molecule has 106 valence electrons. The molecule has 1 unspecified atom stereocenters. The smallest absolute Gasteiger partial charge is 0.145 e. The van der Waals surface area contributed by atoms with Crippen LogP contribution in [0.15, 0.2) is 54.9 Å². The van der Waals surface area contributed by atoms with Crippen molar-refractivity contribution in [1.82, 2.24) is 4.98 Å². The van der Waals surface area contributed by atoms with E-state index in [1.165, 1.54) is 6.07 Å². The van der Waals surface area contributed by atoms with E-state index in [-0.39, 0.29) is 11.1 Å². The van der Waals surface area contributed by atoms with Crippen LogP contribution in [0.4, 0.5) is 4.39 Å². The first-order valence-corrected chi connectivity index (χ1v) is 7.05. The second-order valence-electron chi connectivity index (χ2n) is 4.97. The number of hydrogen-bond acceptors (Lipinski definition) is 2. The summed E-state index contributed by atoms with van der Waals surface area (Å²) < 4.78 is 14.0. The second-order valence-corrected chi connectivity index (χ2v) is 5.38. The van der Waals surface area contributed by atoms with Crippen molar-refractivity contribution in [2.45, 2.75) is 12.5 Å². The third kappa shape index (κ3) is 2.75. The standard InChI is InChI=1S/C17H14ClFN2/c18-15-7-3-5-11(17(15)19)8-16(20)14-10-21-9-12-4-1-2-6-13(12)14/h1-7,9-10,16H,8,20H2. The minimum absolute atomic E-state index is 0.121. The molecule has 0 amide bonds. The quantitative estimate of drug-likeness (QED) is 0.784. The van der Waals surface area contributed by atoms with Crippen LogP contribution in [0.25, 0.3) is 10.8 Å². The van der Waals surface area contributed by atoms with Crippen LogP contribution in [0.1, 0.15) is 17.2 Å². The molecule has 0 saturated heterocycles. The molecule has 0 fully saturated rings. The first-order valence-electron chi connectivity index (χ1n) is 6.68. The lowest BCUT2D eigenvalue weighted by Gasteiger charge is -2.15. The molecule has 0 spiro atoms. The van der Waals surface area contributed by atoms with Crippen LogP contribution in [-0.2, 0) is 6.42 Å². The SMILES string of the molecule is NC(Cc1cccc(Cl)c1F)c1cncc2ccccc12. The topological polar surface area (TPSA) is 38.9 Å². The van der Waals surface area contributed by atoms with Gasteiger partial charge in [0.1, 0.15) is 5.82 Å². The van der Waals surface area contributed by atoms with Gasteiger partial charge in [0, 0.05) is 23.8 Å². The van der Waals surface area contributed by atoms with Gasteiger partial charge in [-0.25, -0.2) is 4.39 Å². The van der Waals surface area contributed by atoms with E-state index in [0.717, 1.165) is 16.3 Å². The van der Waals surface area contributed by atoms with Crippen molar-refractivity contribution in [3.05, 3.63) is 76.8 Å². The van der Waals surface area contributed by atoms with E-state index >= 15 is 0 Å². The summed E-state index contributed by atoms with van der Waals surface area (Å²) >= 11 is 5.81. The van der Waals surface area contributed by atoms with Gasteiger partial charge in [0.25, 0.3) is 0 Å². The molecule has 2 aromatic carbocycles. The first-order chi connectivity index (χ1) is 10.2. The average molecular weight is 301 g/mol. The molecule has 4 heteroatoms. The van der Waals surface area contributed by atoms with Gasteiger partial charge in [-0.1, -0.05) is 48.0 Å². The molecule has 0 aliphatic heterocycles. The Hall–Kier alpha value is -1.97. The molecule has 0 bridgehead atoms. The number of halogens is 2. The average Bonchev–Trinajstić information content (AvgIpc) is 2.51. The van der Waals surface area contributed by atoms with Gasteiger partial charge >= 0.3 is 0 Å². The molecule has 2 N–H and O–H groups in total. The summed E-state index contributed by atoms with van der Waals surface area (Å²) in [5.41, 5.74) is 7.69. The summed E-state index contributed by atoms with van der Waals surface area (Å²) in [5.74, 6) is -0.400. The Morgan fingerprint density at radius 2 is 1.90 bits per heavy atom. The lowest BCUT2D eigenvalue weighted by molar-refractivity contribution is 0.594. The third-order valence-electron chi connectivity index (χ3n) is 3.57. The molecular weight excluding hydrogens is 287 g/mol. The van der Waals surface area contributed by atoms with E-state index in [4.69, 9.17) is 17.3 Å². The summed E-state index contributed by atoms with van der Waals surface area (Å²) in [4.78, 5) is 4.22. The number of nitrogens with two attached hydrogens (primary N) is 1. The zero-order valence-corrected chi connectivity index (χ0v) is 12.0. The van der Waals surface area contributed by atoms with E-state index in [1.807, 2.05) is 24.3 Å². The molecular formula is C17H14ClFN2. The van der Waals surface area contributed by atoms with Crippen molar-refractivity contribution in [2.24, 2.45) is 5.73 Å². The number of nitrogens with zero attached hydrogens (tertiary/aromatic N) is 1. The van der Waals surface area contributed by atoms with Crippen LogP contribution in [-0.4, -0.2) is 4.98 Å². The number of benzene rings is 2. The van der Waals surface area contributed by atoms with Gasteiger partial charge in [0.2, 0.25) is 0 Å². The van der Waals surface area contributed by atoms with E-state index in [9.17, 15) is 4.39 Å². The summed E-state index contributed by atoms with van der Waals surface area (Å²) in [5, 5.41) is 2.19. The maximum absolute atomic E-state index is 14.0. The molecule has 1 aromatic heterocycles. The van der Waals surface area contributed by atoms with Crippen LogP contribution in [0.2, 0.25) is 5.02 Å². The fourth-order valence-electron chi connectivity index (χ4n) is 2.49. The number of hydrogen-bond donors (Lipinski definition) is 1. The minimum atomic E-state index is -0.400. The Morgan fingerprint density at radius 3 is 2.76 bits per heavy atom. The molecule has 1 heterocycles. The van der Waals surface area contributed by atoms with Crippen LogP contribution in [0, 0.1) is 5.82 Å². The Kier molecular flexibility index (Phi) is 3.86. The van der Waals surface area contributed by atoms with Gasteiger partial charge in [-0.15, -0.1) is 0 Å². The Bertz CT molecular complexity index is 783. The van der Waals surface area contributed by atoms with Crippen molar-refractivity contribution in [1.29, 1.82) is 0 Å². The Labute approximate surface area is 127 Å². The largest absolute Gasteiger partial charge is 0.324 e. The van der Waals surface area contributed by atoms with Gasteiger partial charge in [-0.05, 0) is 29.0 Å². The minimum Gasteiger partial charge on any atom is -0.324 e. The van der Waals surface area contributed by atoms with Crippen molar-refractivity contribution >= 4 is 22.4 Å². The van der Waals surface area contributed by atoms with Crippen molar-refractivity contribution < 1.29 is 4.39 Å². The Balaban J connectivity index is 1.97. The molecule has 1 atom stereocenters. The molecule has 3 rings (SSSR count). The fourth-order valence-corrected chi connectivity index (χ4v) is 2.68. The number of aromatic nitrogens is 1. The highest BCUT2D eigenvalue weighted by Gasteiger charge is 2.14. The lowest BCUT2D eigenvalue weighted by atomic mass is 9.96. The predicted molar refractivity (Wildman–Crippen MR) is 83.8 cm³/mol. The molecule has 0 aliphatic rings. The third-order valence-corrected chi connectivity index (χ3v) is 3.86. The normalized spacial score (nSPS) is 12.5. The highest BCUT2D eigenvalue weighted by Crippen LogP contribution is 2.26. The Morgan fingerprint density at radius 1 is 1.10 bits per heavy atom. The van der Waals surface area contributed by atoms with Crippen LogP contribution >= 0.6 is 11.6 Å². The highest BCUT2D eigenvalue weighted by atomic mass is 35.5. The van der Waals surface area contributed by atoms with Crippen LogP contribution < -0.4 is 5.73 Å². The van der Waals surface area contributed by atoms with Crippen LogP contribution in [0.5, 0.6) is 0 Å².